The van der Waals surface area contributed by atoms with E-state index < -0.39 is 12.1 Å². The zero-order valence-corrected chi connectivity index (χ0v) is 12.4. The minimum absolute atomic E-state index is 0.0220. The largest absolute Gasteiger partial charge is 0.465 e. The molecule has 2 amide bonds. The van der Waals surface area contributed by atoms with E-state index in [0.29, 0.717) is 16.8 Å². The number of likely N-dealkylation sites (tertiary alicyclic amines) is 1. The number of carboxylic acid groups (broad SMARTS) is 1. The van der Waals surface area contributed by atoms with Crippen molar-refractivity contribution in [3.05, 3.63) is 22.8 Å². The third kappa shape index (κ3) is 2.15. The number of fused-ring (bicyclic) bond motifs is 1. The van der Waals surface area contributed by atoms with Gasteiger partial charge in [0, 0.05) is 6.04 Å². The molecule has 1 saturated carbocycles. The maximum atomic E-state index is 12.3. The first-order valence-corrected chi connectivity index (χ1v) is 7.15. The van der Waals surface area contributed by atoms with Crippen molar-refractivity contribution < 1.29 is 14.7 Å². The van der Waals surface area contributed by atoms with Crippen LogP contribution in [0.2, 0.25) is 0 Å². The number of hydrogen-bond acceptors (Lipinski definition) is 3. The fraction of sp³-hybridized carbons (Fsp3) is 0.462. The van der Waals surface area contributed by atoms with Crippen LogP contribution in [-0.2, 0) is 4.79 Å². The molecule has 1 aliphatic carbocycles. The molecular weight excluding hydrogens is 326 g/mol. The molecule has 2 N–H and O–H groups in total. The third-order valence-corrected chi connectivity index (χ3v) is 4.57. The second-order valence-corrected chi connectivity index (χ2v) is 6.43. The number of halogens is 1. The van der Waals surface area contributed by atoms with E-state index in [-0.39, 0.29) is 17.4 Å². The van der Waals surface area contributed by atoms with Crippen LogP contribution < -0.4 is 5.32 Å². The van der Waals surface area contributed by atoms with Crippen molar-refractivity contribution in [1.82, 2.24) is 9.88 Å². The highest BCUT2D eigenvalue weighted by Gasteiger charge is 2.64. The number of nitrogens with one attached hydrogen (secondary N) is 1. The van der Waals surface area contributed by atoms with E-state index >= 15 is 0 Å². The van der Waals surface area contributed by atoms with E-state index in [0.717, 1.165) is 6.42 Å². The Morgan fingerprint density at radius 3 is 2.90 bits per heavy atom. The van der Waals surface area contributed by atoms with E-state index in [1.807, 2.05) is 6.92 Å². The molecule has 0 radical (unpaired) electrons. The molecule has 2 fully saturated rings. The van der Waals surface area contributed by atoms with Gasteiger partial charge in [0.2, 0.25) is 5.91 Å². The highest BCUT2D eigenvalue weighted by atomic mass is 79.9. The number of nitrogens with zero attached hydrogens (tertiary/aromatic N) is 2. The number of rotatable bonds is 2. The van der Waals surface area contributed by atoms with Crippen molar-refractivity contribution in [3.8, 4) is 0 Å². The van der Waals surface area contributed by atoms with Crippen LogP contribution in [-0.4, -0.2) is 39.1 Å². The van der Waals surface area contributed by atoms with Gasteiger partial charge in [0.1, 0.15) is 16.5 Å². The third-order valence-electron chi connectivity index (χ3n) is 4.13. The lowest BCUT2D eigenvalue weighted by atomic mass is 10.0. The summed E-state index contributed by atoms with van der Waals surface area (Å²) in [5.74, 6) is 0.104. The fourth-order valence-corrected chi connectivity index (χ4v) is 3.31. The molecular formula is C13H14BrN3O3. The molecule has 0 spiro atoms. The number of carbonyl (C=O) groups is 2. The van der Waals surface area contributed by atoms with Crippen molar-refractivity contribution in [2.24, 2.45) is 5.41 Å². The zero-order valence-electron chi connectivity index (χ0n) is 10.8. The molecule has 3 unspecified atom stereocenters. The van der Waals surface area contributed by atoms with Crippen LogP contribution in [0.25, 0.3) is 0 Å². The van der Waals surface area contributed by atoms with Crippen molar-refractivity contribution in [2.75, 3.05) is 5.32 Å². The second kappa shape index (κ2) is 4.44. The van der Waals surface area contributed by atoms with Gasteiger partial charge in [-0.25, -0.2) is 9.78 Å². The molecule has 20 heavy (non-hydrogen) atoms. The minimum atomic E-state index is -1.03. The summed E-state index contributed by atoms with van der Waals surface area (Å²) in [6.45, 7) is 2.03. The van der Waals surface area contributed by atoms with Crippen LogP contribution in [0.1, 0.15) is 19.8 Å². The van der Waals surface area contributed by atoms with Crippen LogP contribution in [0.5, 0.6) is 0 Å². The van der Waals surface area contributed by atoms with Gasteiger partial charge in [-0.05, 0) is 46.3 Å². The van der Waals surface area contributed by atoms with Gasteiger partial charge in [0.15, 0.2) is 0 Å². The Balaban J connectivity index is 1.76. The van der Waals surface area contributed by atoms with Crippen LogP contribution in [0.3, 0.4) is 0 Å². The van der Waals surface area contributed by atoms with E-state index in [4.69, 9.17) is 0 Å². The monoisotopic (exact) mass is 339 g/mol. The Labute approximate surface area is 124 Å². The summed E-state index contributed by atoms with van der Waals surface area (Å²) < 4.78 is 0.617. The summed E-state index contributed by atoms with van der Waals surface area (Å²) in [6.07, 6.45) is 0.390. The summed E-state index contributed by atoms with van der Waals surface area (Å²) in [6, 6.07) is 4.54. The smallest absolute Gasteiger partial charge is 0.408 e. The van der Waals surface area contributed by atoms with Crippen molar-refractivity contribution in [2.45, 2.75) is 31.8 Å². The summed E-state index contributed by atoms with van der Waals surface area (Å²) in [4.78, 5) is 29.0. The lowest BCUT2D eigenvalue weighted by Gasteiger charge is -2.23. The molecule has 106 valence electrons. The predicted octanol–water partition coefficient (Wildman–Crippen LogP) is 2.31. The van der Waals surface area contributed by atoms with Gasteiger partial charge in [-0.2, -0.15) is 0 Å². The Hall–Kier alpha value is -1.63. The highest BCUT2D eigenvalue weighted by molar-refractivity contribution is 9.10. The van der Waals surface area contributed by atoms with Gasteiger partial charge >= 0.3 is 6.09 Å². The van der Waals surface area contributed by atoms with Gasteiger partial charge < -0.3 is 10.4 Å². The molecule has 0 bridgehead atoms. The van der Waals surface area contributed by atoms with Gasteiger partial charge in [0.05, 0.1) is 0 Å². The van der Waals surface area contributed by atoms with E-state index in [9.17, 15) is 14.7 Å². The number of anilines is 1. The summed E-state index contributed by atoms with van der Waals surface area (Å²) in [5, 5.41) is 12.0. The lowest BCUT2D eigenvalue weighted by molar-refractivity contribution is -0.120. The topological polar surface area (TPSA) is 82.5 Å². The molecule has 2 heterocycles. The van der Waals surface area contributed by atoms with Crippen LogP contribution in [0.15, 0.2) is 22.8 Å². The van der Waals surface area contributed by atoms with Gasteiger partial charge in [-0.1, -0.05) is 13.0 Å². The summed E-state index contributed by atoms with van der Waals surface area (Å²) >= 11 is 3.23. The fourth-order valence-electron chi connectivity index (χ4n) is 2.97. The molecule has 3 atom stereocenters. The molecule has 6 nitrogen and oxygen atoms in total. The zero-order chi connectivity index (χ0) is 14.5. The number of pyridine rings is 1. The standard InChI is InChI=1S/C13H14BrN3O3/c1-13-5-7(17(12(19)20)8(13)6-13)11(18)16-10-4-2-3-9(14)15-10/h2-4,7-8H,5-6H2,1H3,(H,19,20)(H,15,16,18). The number of carbonyl (C=O) groups excluding carboxylic acids is 1. The van der Waals surface area contributed by atoms with E-state index in [2.05, 4.69) is 26.2 Å². The maximum absolute atomic E-state index is 12.3. The first kappa shape index (κ1) is 13.4. The Morgan fingerprint density at radius 2 is 2.25 bits per heavy atom. The number of hydrogen-bond donors (Lipinski definition) is 2. The molecule has 1 aliphatic heterocycles. The van der Waals surface area contributed by atoms with Crippen LogP contribution in [0.4, 0.5) is 10.6 Å². The number of aromatic nitrogens is 1. The molecule has 0 aromatic carbocycles. The molecule has 1 aromatic rings. The molecule has 1 saturated heterocycles. The molecule has 1 aromatic heterocycles. The average molecular weight is 340 g/mol. The summed E-state index contributed by atoms with van der Waals surface area (Å²) in [5.41, 5.74) is -0.0366. The van der Waals surface area contributed by atoms with E-state index in [1.54, 1.807) is 18.2 Å². The Morgan fingerprint density at radius 1 is 1.50 bits per heavy atom. The first-order valence-electron chi connectivity index (χ1n) is 6.35. The average Bonchev–Trinajstić information content (AvgIpc) is 2.90. The molecule has 2 aliphatic rings. The lowest BCUT2D eigenvalue weighted by Crippen LogP contribution is -2.44. The highest BCUT2D eigenvalue weighted by Crippen LogP contribution is 2.59. The quantitative estimate of drug-likeness (QED) is 0.810. The van der Waals surface area contributed by atoms with Crippen LogP contribution >= 0.6 is 15.9 Å². The van der Waals surface area contributed by atoms with Crippen molar-refractivity contribution in [1.29, 1.82) is 0 Å². The van der Waals surface area contributed by atoms with Gasteiger partial charge in [-0.3, -0.25) is 9.69 Å². The van der Waals surface area contributed by atoms with Crippen LogP contribution in [0, 0.1) is 5.41 Å². The maximum Gasteiger partial charge on any atom is 0.408 e. The number of amides is 2. The first-order chi connectivity index (χ1) is 9.40. The van der Waals surface area contributed by atoms with E-state index in [1.165, 1.54) is 4.90 Å². The molecule has 7 heteroatoms. The second-order valence-electron chi connectivity index (χ2n) is 5.62. The predicted molar refractivity (Wildman–Crippen MR) is 75.3 cm³/mol. The normalized spacial score (nSPS) is 30.8. The number of piperidine rings is 1. The van der Waals surface area contributed by atoms with Crippen molar-refractivity contribution in [3.63, 3.8) is 0 Å². The Kier molecular flexibility index (Phi) is 2.97. The SMILES string of the molecule is CC12CC(C(=O)Nc3cccc(Br)n3)N(C(=O)O)C1C2. The van der Waals surface area contributed by atoms with Gasteiger partial charge in [0.25, 0.3) is 0 Å². The Bertz CT molecular complexity index is 594. The van der Waals surface area contributed by atoms with Gasteiger partial charge in [-0.15, -0.1) is 0 Å². The minimum Gasteiger partial charge on any atom is -0.465 e. The van der Waals surface area contributed by atoms with Crippen molar-refractivity contribution >= 4 is 33.7 Å². The molecule has 3 rings (SSSR count). The summed E-state index contributed by atoms with van der Waals surface area (Å²) in [7, 11) is 0.